The fourth-order valence-corrected chi connectivity index (χ4v) is 3.93. The third-order valence-electron chi connectivity index (χ3n) is 6.14. The molecule has 0 saturated heterocycles. The zero-order valence-corrected chi connectivity index (χ0v) is 22.1. The molecule has 194 valence electrons. The average Bonchev–Trinajstić information content (AvgIpc) is 2.80. The van der Waals surface area contributed by atoms with Crippen molar-refractivity contribution in [3.63, 3.8) is 0 Å². The summed E-state index contributed by atoms with van der Waals surface area (Å²) in [7, 11) is 0. The molecule has 4 nitrogen and oxygen atoms in total. The number of hydrogen-bond acceptors (Lipinski definition) is 4. The van der Waals surface area contributed by atoms with Crippen LogP contribution >= 0.6 is 0 Å². The van der Waals surface area contributed by atoms with Gasteiger partial charge >= 0.3 is 11.9 Å². The smallest absolute Gasteiger partial charge is 0.333 e. The van der Waals surface area contributed by atoms with E-state index in [9.17, 15) is 9.59 Å². The van der Waals surface area contributed by atoms with Crippen LogP contribution < -0.4 is 0 Å². The molecule has 0 aromatic heterocycles. The maximum Gasteiger partial charge on any atom is 0.333 e. The van der Waals surface area contributed by atoms with E-state index in [1.165, 1.54) is 103 Å². The van der Waals surface area contributed by atoms with Gasteiger partial charge in [-0.05, 0) is 12.8 Å². The highest BCUT2D eigenvalue weighted by molar-refractivity contribution is 5.93. The molecule has 0 radical (unpaired) electrons. The summed E-state index contributed by atoms with van der Waals surface area (Å²) in [4.78, 5) is 23.9. The van der Waals surface area contributed by atoms with Crippen molar-refractivity contribution in [2.24, 2.45) is 0 Å². The van der Waals surface area contributed by atoms with Crippen LogP contribution in [0.5, 0.6) is 0 Å². The molecule has 33 heavy (non-hydrogen) atoms. The summed E-state index contributed by atoms with van der Waals surface area (Å²) in [5.41, 5.74) is 0.190. The van der Waals surface area contributed by atoms with Crippen LogP contribution in [-0.2, 0) is 19.1 Å². The second-order valence-corrected chi connectivity index (χ2v) is 9.50. The summed E-state index contributed by atoms with van der Waals surface area (Å²) in [5, 5.41) is 0. The van der Waals surface area contributed by atoms with E-state index in [-0.39, 0.29) is 18.0 Å². The van der Waals surface area contributed by atoms with Gasteiger partial charge in [0.05, 0.1) is 19.6 Å². The number of esters is 2. The van der Waals surface area contributed by atoms with Gasteiger partial charge in [-0.1, -0.05) is 136 Å². The summed E-state index contributed by atoms with van der Waals surface area (Å²) in [6, 6.07) is 0. The first-order valence-corrected chi connectivity index (χ1v) is 14.1. The fourth-order valence-electron chi connectivity index (χ4n) is 3.93. The normalized spacial score (nSPS) is 10.8. The number of hydrogen-bond donors (Lipinski definition) is 0. The van der Waals surface area contributed by atoms with Crippen LogP contribution in [0, 0.1) is 0 Å². The van der Waals surface area contributed by atoms with Gasteiger partial charge in [0.25, 0.3) is 0 Å². The first kappa shape index (κ1) is 31.7. The Balaban J connectivity index is 3.47. The molecule has 0 unspecified atom stereocenters. The molecule has 0 N–H and O–H groups in total. The molecule has 0 aromatic carbocycles. The van der Waals surface area contributed by atoms with E-state index in [0.717, 1.165) is 25.7 Å². The number of carbonyl (C=O) groups excluding carboxylic acids is 2. The van der Waals surface area contributed by atoms with Gasteiger partial charge < -0.3 is 9.47 Å². The van der Waals surface area contributed by atoms with E-state index in [4.69, 9.17) is 9.47 Å². The molecule has 0 aliphatic heterocycles. The quantitative estimate of drug-likeness (QED) is 0.0765. The minimum atomic E-state index is -0.471. The first-order chi connectivity index (χ1) is 16.1. The fraction of sp³-hybridized carbons (Fsp3) is 0.862. The lowest BCUT2D eigenvalue weighted by atomic mass is 10.1. The van der Waals surface area contributed by atoms with Gasteiger partial charge in [-0.15, -0.1) is 0 Å². The van der Waals surface area contributed by atoms with Crippen molar-refractivity contribution in [2.75, 3.05) is 13.2 Å². The Labute approximate surface area is 205 Å². The molecule has 0 amide bonds. The second kappa shape index (κ2) is 25.3. The monoisotopic (exact) mass is 466 g/mol. The zero-order valence-electron chi connectivity index (χ0n) is 22.1. The number of carbonyl (C=O) groups is 2. The Morgan fingerprint density at radius 1 is 0.515 bits per heavy atom. The number of ether oxygens (including phenoxy) is 2. The van der Waals surface area contributed by atoms with Crippen LogP contribution in [0.25, 0.3) is 0 Å². The van der Waals surface area contributed by atoms with E-state index >= 15 is 0 Å². The molecule has 0 saturated carbocycles. The second-order valence-electron chi connectivity index (χ2n) is 9.50. The molecule has 0 atom stereocenters. The average molecular weight is 467 g/mol. The molecule has 0 bridgehead atoms. The van der Waals surface area contributed by atoms with E-state index in [1.54, 1.807) is 0 Å². The Morgan fingerprint density at radius 3 is 1.24 bits per heavy atom. The van der Waals surface area contributed by atoms with Crippen molar-refractivity contribution >= 4 is 11.9 Å². The van der Waals surface area contributed by atoms with Crippen LogP contribution in [0.15, 0.2) is 12.2 Å². The maximum atomic E-state index is 12.0. The van der Waals surface area contributed by atoms with Crippen LogP contribution in [0.1, 0.15) is 149 Å². The van der Waals surface area contributed by atoms with E-state index in [1.807, 2.05) is 0 Å². The third kappa shape index (κ3) is 23.6. The zero-order chi connectivity index (χ0) is 24.4. The highest BCUT2D eigenvalue weighted by Gasteiger charge is 2.14. The minimum absolute atomic E-state index is 0.0748. The van der Waals surface area contributed by atoms with Crippen LogP contribution in [0.2, 0.25) is 0 Å². The standard InChI is InChI=1S/C29H54O4/c1-4-6-8-10-12-14-16-18-20-22-24-32-28(30)26-27(3)29(31)33-25-23-21-19-17-15-13-11-9-7-5-2/h3-26H2,1-2H3. The molecule has 0 aliphatic rings. The van der Waals surface area contributed by atoms with Gasteiger partial charge in [0, 0.05) is 5.57 Å². The molecule has 0 fully saturated rings. The van der Waals surface area contributed by atoms with E-state index in [2.05, 4.69) is 20.4 Å². The maximum absolute atomic E-state index is 12.0. The van der Waals surface area contributed by atoms with Crippen molar-refractivity contribution in [3.8, 4) is 0 Å². The Hall–Kier alpha value is -1.32. The predicted octanol–water partition coefficient (Wildman–Crippen LogP) is 8.86. The highest BCUT2D eigenvalue weighted by Crippen LogP contribution is 2.12. The summed E-state index contributed by atoms with van der Waals surface area (Å²) >= 11 is 0. The van der Waals surface area contributed by atoms with Crippen molar-refractivity contribution in [1.82, 2.24) is 0 Å². The van der Waals surface area contributed by atoms with Crippen molar-refractivity contribution < 1.29 is 19.1 Å². The highest BCUT2D eigenvalue weighted by atomic mass is 16.5. The molecule has 0 aromatic rings. The summed E-state index contributed by atoms with van der Waals surface area (Å²) in [6.45, 7) is 9.01. The SMILES string of the molecule is C=C(CC(=O)OCCCCCCCCCCCC)C(=O)OCCCCCCCCCCCC. The Morgan fingerprint density at radius 2 is 0.848 bits per heavy atom. The summed E-state index contributed by atoms with van der Waals surface area (Å²) < 4.78 is 10.5. The van der Waals surface area contributed by atoms with Crippen molar-refractivity contribution in [1.29, 1.82) is 0 Å². The largest absolute Gasteiger partial charge is 0.465 e. The molecular weight excluding hydrogens is 412 g/mol. The van der Waals surface area contributed by atoms with E-state index in [0.29, 0.717) is 13.2 Å². The van der Waals surface area contributed by atoms with Crippen LogP contribution in [0.3, 0.4) is 0 Å². The van der Waals surface area contributed by atoms with E-state index < -0.39 is 5.97 Å². The summed E-state index contributed by atoms with van der Waals surface area (Å²) in [6.07, 6.45) is 24.8. The van der Waals surface area contributed by atoms with Gasteiger partial charge in [-0.25, -0.2) is 4.79 Å². The topological polar surface area (TPSA) is 52.6 Å². The lowest BCUT2D eigenvalue weighted by molar-refractivity contribution is -0.146. The van der Waals surface area contributed by atoms with Gasteiger partial charge in [0.1, 0.15) is 0 Å². The predicted molar refractivity (Wildman–Crippen MR) is 139 cm³/mol. The summed E-state index contributed by atoms with van der Waals surface area (Å²) in [5.74, 6) is -0.853. The minimum Gasteiger partial charge on any atom is -0.465 e. The van der Waals surface area contributed by atoms with Gasteiger partial charge in [-0.3, -0.25) is 4.79 Å². The third-order valence-corrected chi connectivity index (χ3v) is 6.14. The van der Waals surface area contributed by atoms with Gasteiger partial charge in [-0.2, -0.15) is 0 Å². The number of rotatable bonds is 25. The molecule has 0 heterocycles. The van der Waals surface area contributed by atoms with Crippen LogP contribution in [0.4, 0.5) is 0 Å². The van der Waals surface area contributed by atoms with Crippen LogP contribution in [-0.4, -0.2) is 25.2 Å². The molecular formula is C29H54O4. The lowest BCUT2D eigenvalue weighted by Gasteiger charge is -2.08. The van der Waals surface area contributed by atoms with Crippen molar-refractivity contribution in [2.45, 2.75) is 149 Å². The molecule has 4 heteroatoms. The number of unbranched alkanes of at least 4 members (excludes halogenated alkanes) is 18. The van der Waals surface area contributed by atoms with Crippen molar-refractivity contribution in [3.05, 3.63) is 12.2 Å². The Kier molecular flexibility index (Phi) is 24.3. The van der Waals surface area contributed by atoms with Gasteiger partial charge in [0.2, 0.25) is 0 Å². The van der Waals surface area contributed by atoms with Gasteiger partial charge in [0.15, 0.2) is 0 Å². The lowest BCUT2D eigenvalue weighted by Crippen LogP contribution is -2.14. The molecule has 0 spiro atoms. The molecule has 0 aliphatic carbocycles. The Bertz CT molecular complexity index is 472. The first-order valence-electron chi connectivity index (χ1n) is 14.1. The molecule has 0 rings (SSSR count).